The molecule has 2 saturated carbocycles. The maximum Gasteiger partial charge on any atom is 0.165 e. The smallest absolute Gasteiger partial charge is 0.165 e. The molecule has 6 aliphatic rings. The molecule has 2 unspecified atom stereocenters. The summed E-state index contributed by atoms with van der Waals surface area (Å²) in [5, 5.41) is 24.6. The molecule has 4 fully saturated rings. The third-order valence-corrected chi connectivity index (χ3v) is 9.44. The van der Waals surface area contributed by atoms with Gasteiger partial charge >= 0.3 is 0 Å². The molecular weight excluding hydrogens is 390 g/mol. The Bertz CT molecular complexity index is 1190. The zero-order valence-corrected chi connectivity index (χ0v) is 17.5. The summed E-state index contributed by atoms with van der Waals surface area (Å²) in [5.41, 5.74) is 0.623. The number of benzene rings is 1. The van der Waals surface area contributed by atoms with E-state index in [1.807, 2.05) is 24.3 Å². The molecule has 4 aliphatic carbocycles. The molecule has 6 atom stereocenters. The van der Waals surface area contributed by atoms with Crippen LogP contribution in [0.25, 0.3) is 11.0 Å². The van der Waals surface area contributed by atoms with Gasteiger partial charge in [-0.3, -0.25) is 4.90 Å². The van der Waals surface area contributed by atoms with Crippen molar-refractivity contribution in [2.45, 2.75) is 49.9 Å². The van der Waals surface area contributed by atoms with Crippen molar-refractivity contribution < 1.29 is 19.4 Å². The SMILES string of the molecule is OC1=C2O[C@H]3c4oc5ccccc5c4C[C@@]4(O)[C@H]5CC(C=C1)C2[C@@]34CCN5CC1CC1. The molecule has 5 nitrogen and oxygen atoms in total. The Morgan fingerprint density at radius 2 is 2.06 bits per heavy atom. The third kappa shape index (κ3) is 1.89. The van der Waals surface area contributed by atoms with E-state index in [0.717, 1.165) is 54.1 Å². The molecule has 1 aromatic carbocycles. The van der Waals surface area contributed by atoms with E-state index < -0.39 is 11.0 Å². The lowest BCUT2D eigenvalue weighted by molar-refractivity contribution is -0.242. The van der Waals surface area contributed by atoms with Crippen LogP contribution >= 0.6 is 0 Å². The zero-order chi connectivity index (χ0) is 20.5. The van der Waals surface area contributed by atoms with E-state index in [1.54, 1.807) is 0 Å². The van der Waals surface area contributed by atoms with Gasteiger partial charge in [0.05, 0.1) is 11.0 Å². The van der Waals surface area contributed by atoms with Crippen LogP contribution in [0, 0.1) is 23.2 Å². The number of para-hydroxylation sites is 1. The molecule has 2 bridgehead atoms. The Morgan fingerprint density at radius 3 is 2.94 bits per heavy atom. The number of allylic oxidation sites excluding steroid dienone is 3. The summed E-state index contributed by atoms with van der Waals surface area (Å²) in [4.78, 5) is 2.59. The lowest BCUT2D eigenvalue weighted by Gasteiger charge is -2.65. The highest BCUT2D eigenvalue weighted by molar-refractivity contribution is 5.83. The van der Waals surface area contributed by atoms with Gasteiger partial charge in [-0.1, -0.05) is 24.3 Å². The number of ether oxygens (including phenoxy) is 1. The first kappa shape index (κ1) is 17.3. The van der Waals surface area contributed by atoms with Gasteiger partial charge in [-0.15, -0.1) is 0 Å². The number of fused-ring (bicyclic) bond motifs is 4. The Kier molecular flexibility index (Phi) is 3.01. The predicted octanol–water partition coefficient (Wildman–Crippen LogP) is 4.24. The first-order valence-corrected chi connectivity index (χ1v) is 11.8. The van der Waals surface area contributed by atoms with Crippen molar-refractivity contribution in [2.75, 3.05) is 13.1 Å². The van der Waals surface area contributed by atoms with E-state index in [2.05, 4.69) is 17.0 Å². The van der Waals surface area contributed by atoms with Crippen LogP contribution in [-0.2, 0) is 11.2 Å². The Hall–Kier alpha value is -2.24. The Labute approximate surface area is 181 Å². The zero-order valence-electron chi connectivity index (χ0n) is 17.5. The van der Waals surface area contributed by atoms with Gasteiger partial charge in [0.25, 0.3) is 0 Å². The summed E-state index contributed by atoms with van der Waals surface area (Å²) in [5.74, 6) is 2.88. The number of aliphatic hydroxyl groups excluding tert-OH is 1. The molecule has 2 aromatic rings. The van der Waals surface area contributed by atoms with Gasteiger partial charge in [0.1, 0.15) is 17.1 Å². The monoisotopic (exact) mass is 417 g/mol. The minimum atomic E-state index is -0.890. The van der Waals surface area contributed by atoms with Gasteiger partial charge < -0.3 is 19.4 Å². The first-order valence-electron chi connectivity index (χ1n) is 11.8. The standard InChI is InChI=1S/C26H27NO4/c28-18-8-7-15-11-20-26(29)12-17-16-3-1-2-4-19(16)30-22(17)24-25(26,21(15)23(18)31-24)9-10-27(20)13-14-5-6-14/h1-4,7-8,14-15,20-21,24,28-29H,5-6,9-13H2/t15?,20-,21?,24+,25+,26-/m1/s1. The van der Waals surface area contributed by atoms with Crippen molar-refractivity contribution >= 4 is 11.0 Å². The number of piperidine rings is 1. The largest absolute Gasteiger partial charge is 0.504 e. The number of nitrogens with zero attached hydrogens (tertiary/aromatic N) is 1. The fraction of sp³-hybridized carbons (Fsp3) is 0.538. The van der Waals surface area contributed by atoms with Gasteiger partial charge in [0, 0.05) is 35.9 Å². The van der Waals surface area contributed by atoms with E-state index in [-0.39, 0.29) is 29.7 Å². The van der Waals surface area contributed by atoms with Crippen LogP contribution in [0.1, 0.15) is 43.1 Å². The van der Waals surface area contributed by atoms with E-state index in [9.17, 15) is 10.2 Å². The summed E-state index contributed by atoms with van der Waals surface area (Å²) >= 11 is 0. The second-order valence-electron chi connectivity index (χ2n) is 10.8. The second-order valence-corrected chi connectivity index (χ2v) is 10.8. The van der Waals surface area contributed by atoms with Crippen LogP contribution in [0.3, 0.4) is 0 Å². The van der Waals surface area contributed by atoms with E-state index in [1.165, 1.54) is 12.8 Å². The maximum absolute atomic E-state index is 12.7. The van der Waals surface area contributed by atoms with Crippen LogP contribution in [0.2, 0.25) is 0 Å². The number of likely N-dealkylation sites (tertiary alicyclic amines) is 1. The molecule has 8 rings (SSSR count). The summed E-state index contributed by atoms with van der Waals surface area (Å²) < 4.78 is 13.0. The molecule has 5 heteroatoms. The van der Waals surface area contributed by atoms with E-state index in [4.69, 9.17) is 9.15 Å². The molecule has 2 aliphatic heterocycles. The molecule has 160 valence electrons. The maximum atomic E-state index is 12.7. The highest BCUT2D eigenvalue weighted by atomic mass is 16.5. The normalized spacial score (nSPS) is 42.5. The number of hydrogen-bond donors (Lipinski definition) is 2. The van der Waals surface area contributed by atoms with Crippen molar-refractivity contribution in [3.05, 3.63) is 59.3 Å². The quantitative estimate of drug-likeness (QED) is 0.765. The van der Waals surface area contributed by atoms with Crippen molar-refractivity contribution in [1.82, 2.24) is 4.90 Å². The van der Waals surface area contributed by atoms with Crippen molar-refractivity contribution in [3.63, 3.8) is 0 Å². The fourth-order valence-electron chi connectivity index (χ4n) is 8.02. The first-order chi connectivity index (χ1) is 15.1. The van der Waals surface area contributed by atoms with E-state index in [0.29, 0.717) is 12.2 Å². The lowest BCUT2D eigenvalue weighted by Crippen LogP contribution is -2.74. The summed E-state index contributed by atoms with van der Waals surface area (Å²) in [6.45, 7) is 2.09. The molecule has 31 heavy (non-hydrogen) atoms. The Morgan fingerprint density at radius 1 is 1.19 bits per heavy atom. The fourth-order valence-corrected chi connectivity index (χ4v) is 8.02. The van der Waals surface area contributed by atoms with Crippen molar-refractivity contribution in [2.24, 2.45) is 23.2 Å². The number of furan rings is 1. The second kappa shape index (κ2) is 5.38. The van der Waals surface area contributed by atoms with Crippen LogP contribution in [-0.4, -0.2) is 39.8 Å². The molecule has 1 aromatic heterocycles. The molecule has 2 N–H and O–H groups in total. The molecular formula is C26H27NO4. The highest BCUT2D eigenvalue weighted by Gasteiger charge is 2.77. The van der Waals surface area contributed by atoms with Gasteiger partial charge in [-0.2, -0.15) is 0 Å². The Balaban J connectivity index is 1.39. The minimum absolute atomic E-state index is 0.0215. The minimum Gasteiger partial charge on any atom is -0.504 e. The molecule has 0 radical (unpaired) electrons. The van der Waals surface area contributed by atoms with Gasteiger partial charge in [0.2, 0.25) is 0 Å². The number of rotatable bonds is 2. The van der Waals surface area contributed by atoms with Gasteiger partial charge in [-0.05, 0) is 56.2 Å². The molecule has 3 heterocycles. The average molecular weight is 418 g/mol. The topological polar surface area (TPSA) is 66.1 Å². The van der Waals surface area contributed by atoms with Crippen molar-refractivity contribution in [3.8, 4) is 0 Å². The molecule has 0 amide bonds. The van der Waals surface area contributed by atoms with Crippen LogP contribution in [0.15, 0.2) is 52.4 Å². The highest BCUT2D eigenvalue weighted by Crippen LogP contribution is 2.73. The molecule has 1 spiro atoms. The number of hydrogen-bond acceptors (Lipinski definition) is 5. The summed E-state index contributed by atoms with van der Waals surface area (Å²) in [6.07, 6.45) is 8.68. The summed E-state index contributed by atoms with van der Waals surface area (Å²) in [6, 6.07) is 8.25. The van der Waals surface area contributed by atoms with Gasteiger partial charge in [0.15, 0.2) is 11.9 Å². The van der Waals surface area contributed by atoms with Gasteiger partial charge in [-0.25, -0.2) is 0 Å². The van der Waals surface area contributed by atoms with E-state index >= 15 is 0 Å². The van der Waals surface area contributed by atoms with Crippen LogP contribution < -0.4 is 0 Å². The lowest BCUT2D eigenvalue weighted by atomic mass is 9.44. The third-order valence-electron chi connectivity index (χ3n) is 9.44. The summed E-state index contributed by atoms with van der Waals surface area (Å²) in [7, 11) is 0. The van der Waals surface area contributed by atoms with Crippen LogP contribution in [0.5, 0.6) is 0 Å². The molecule has 2 saturated heterocycles. The van der Waals surface area contributed by atoms with Crippen molar-refractivity contribution in [1.29, 1.82) is 0 Å². The van der Waals surface area contributed by atoms with Crippen LogP contribution in [0.4, 0.5) is 0 Å². The average Bonchev–Trinajstić information content (AvgIpc) is 3.40. The predicted molar refractivity (Wildman–Crippen MR) is 114 cm³/mol. The number of aliphatic hydroxyl groups is 2.